The van der Waals surface area contributed by atoms with Gasteiger partial charge in [-0.15, -0.1) is 0 Å². The Morgan fingerprint density at radius 2 is 2.16 bits per heavy atom. The number of non-ortho nitro benzene ring substituents is 1. The molecule has 1 aromatic rings. The van der Waals surface area contributed by atoms with Gasteiger partial charge in [0.2, 0.25) is 5.76 Å². The third-order valence-corrected chi connectivity index (χ3v) is 2.70. The first kappa shape index (κ1) is 12.7. The van der Waals surface area contributed by atoms with Crippen LogP contribution in [0.25, 0.3) is 0 Å². The third kappa shape index (κ3) is 2.17. The number of carbonyl (C=O) groups is 2. The number of ether oxygens (including phenoxy) is 1. The average Bonchev–Trinajstić information content (AvgIpc) is 2.66. The molecule has 19 heavy (non-hydrogen) atoms. The maximum Gasteiger partial charge on any atom is 0.374 e. The van der Waals surface area contributed by atoms with Crippen molar-refractivity contribution in [1.29, 1.82) is 0 Å². The van der Waals surface area contributed by atoms with Gasteiger partial charge in [0.25, 0.3) is 5.69 Å². The summed E-state index contributed by atoms with van der Waals surface area (Å²) in [5, 5.41) is 20.2. The smallest absolute Gasteiger partial charge is 0.374 e. The van der Waals surface area contributed by atoms with E-state index in [0.717, 1.165) is 0 Å². The molecular weight excluding hydrogens is 254 g/mol. The zero-order chi connectivity index (χ0) is 14.2. The van der Waals surface area contributed by atoms with Crippen molar-refractivity contribution in [3.8, 4) is 0 Å². The summed E-state index contributed by atoms with van der Waals surface area (Å²) in [5.74, 6) is -2.29. The van der Waals surface area contributed by atoms with Gasteiger partial charge in [0.05, 0.1) is 10.5 Å². The molecule has 0 radical (unpaired) electrons. The molecule has 1 aliphatic heterocycles. The number of hydrogen-bond donors (Lipinski definition) is 1. The zero-order valence-corrected chi connectivity index (χ0v) is 9.82. The lowest BCUT2D eigenvalue weighted by molar-refractivity contribution is -0.385. The van der Waals surface area contributed by atoms with Gasteiger partial charge in [-0.3, -0.25) is 14.9 Å². The fourth-order valence-corrected chi connectivity index (χ4v) is 1.84. The van der Waals surface area contributed by atoms with E-state index in [9.17, 15) is 24.8 Å². The maximum atomic E-state index is 11.4. The second kappa shape index (κ2) is 4.52. The Morgan fingerprint density at radius 1 is 1.47 bits per heavy atom. The molecule has 2 rings (SSSR count). The van der Waals surface area contributed by atoms with Gasteiger partial charge < -0.3 is 9.84 Å². The van der Waals surface area contributed by atoms with E-state index in [1.54, 1.807) is 0 Å². The Balaban J connectivity index is 2.48. The second-order valence-electron chi connectivity index (χ2n) is 3.96. The Bertz CT molecular complexity index is 618. The van der Waals surface area contributed by atoms with E-state index in [4.69, 9.17) is 4.74 Å². The summed E-state index contributed by atoms with van der Waals surface area (Å²) in [6.45, 7) is 1.18. The van der Waals surface area contributed by atoms with Gasteiger partial charge >= 0.3 is 5.97 Å². The van der Waals surface area contributed by atoms with Gasteiger partial charge in [0.15, 0.2) is 11.9 Å². The van der Waals surface area contributed by atoms with Gasteiger partial charge in [-0.1, -0.05) is 12.1 Å². The van der Waals surface area contributed by atoms with E-state index in [-0.39, 0.29) is 16.8 Å². The molecule has 98 valence electrons. The zero-order valence-electron chi connectivity index (χ0n) is 9.82. The molecule has 0 bridgehead atoms. The number of cyclic esters (lactones) is 1. The molecule has 0 amide bonds. The van der Waals surface area contributed by atoms with Crippen LogP contribution in [-0.2, 0) is 14.3 Å². The summed E-state index contributed by atoms with van der Waals surface area (Å²) in [5.41, 5.74) is -0.120. The fraction of sp³-hybridized carbons (Fsp3) is 0.167. The normalized spacial score (nSPS) is 18.4. The summed E-state index contributed by atoms with van der Waals surface area (Å²) >= 11 is 0. The lowest BCUT2D eigenvalue weighted by Crippen LogP contribution is -2.08. The van der Waals surface area contributed by atoms with Gasteiger partial charge in [-0.2, -0.15) is 0 Å². The number of nitrogens with zero attached hydrogens (tertiary/aromatic N) is 1. The summed E-state index contributed by atoms with van der Waals surface area (Å²) in [6.07, 6.45) is -1.11. The third-order valence-electron chi connectivity index (χ3n) is 2.70. The van der Waals surface area contributed by atoms with Crippen LogP contribution in [0.1, 0.15) is 18.6 Å². The molecule has 7 heteroatoms. The van der Waals surface area contributed by atoms with E-state index in [1.165, 1.54) is 31.2 Å². The Kier molecular flexibility index (Phi) is 3.04. The first-order chi connectivity index (χ1) is 8.91. The van der Waals surface area contributed by atoms with Crippen LogP contribution in [0.2, 0.25) is 0 Å². The summed E-state index contributed by atoms with van der Waals surface area (Å²) < 4.78 is 4.86. The summed E-state index contributed by atoms with van der Waals surface area (Å²) in [7, 11) is 0. The van der Waals surface area contributed by atoms with Crippen LogP contribution < -0.4 is 0 Å². The van der Waals surface area contributed by atoms with Crippen molar-refractivity contribution in [2.24, 2.45) is 0 Å². The molecule has 0 saturated heterocycles. The first-order valence-corrected chi connectivity index (χ1v) is 5.31. The molecule has 0 aromatic heterocycles. The number of benzene rings is 1. The molecule has 0 aliphatic carbocycles. The van der Waals surface area contributed by atoms with Gasteiger partial charge in [-0.25, -0.2) is 4.79 Å². The SMILES string of the molecule is CC(=O)C1=C(O)C(=O)O[C@H]1c1cccc([N+](=O)[O-])c1. The van der Waals surface area contributed by atoms with Crippen LogP contribution >= 0.6 is 0 Å². The van der Waals surface area contributed by atoms with Gasteiger partial charge in [-0.05, 0) is 6.92 Å². The van der Waals surface area contributed by atoms with Crippen molar-refractivity contribution in [3.05, 3.63) is 51.3 Å². The van der Waals surface area contributed by atoms with E-state index in [1.807, 2.05) is 0 Å². The molecule has 1 aliphatic rings. The Labute approximate surface area is 107 Å². The number of aliphatic hydroxyl groups is 1. The van der Waals surface area contributed by atoms with Crippen LogP contribution in [0, 0.1) is 10.1 Å². The van der Waals surface area contributed by atoms with E-state index in [2.05, 4.69) is 0 Å². The molecule has 1 heterocycles. The largest absolute Gasteiger partial charge is 0.501 e. The number of esters is 1. The highest BCUT2D eigenvalue weighted by atomic mass is 16.6. The number of carbonyl (C=O) groups excluding carboxylic acids is 2. The number of aliphatic hydroxyl groups excluding tert-OH is 1. The molecule has 1 aromatic carbocycles. The molecule has 0 saturated carbocycles. The molecule has 0 spiro atoms. The molecule has 1 N–H and O–H groups in total. The number of ketones is 1. The fourth-order valence-electron chi connectivity index (χ4n) is 1.84. The quantitative estimate of drug-likeness (QED) is 0.504. The highest BCUT2D eigenvalue weighted by Crippen LogP contribution is 2.35. The van der Waals surface area contributed by atoms with Crippen molar-refractivity contribution in [3.63, 3.8) is 0 Å². The van der Waals surface area contributed by atoms with Crippen molar-refractivity contribution in [2.45, 2.75) is 13.0 Å². The van der Waals surface area contributed by atoms with E-state index < -0.39 is 28.5 Å². The Hall–Kier alpha value is -2.70. The predicted octanol–water partition coefficient (Wildman–Crippen LogP) is 1.59. The van der Waals surface area contributed by atoms with Gasteiger partial charge in [0.1, 0.15) is 0 Å². The first-order valence-electron chi connectivity index (χ1n) is 5.31. The number of rotatable bonds is 3. The van der Waals surface area contributed by atoms with Crippen molar-refractivity contribution in [1.82, 2.24) is 0 Å². The lowest BCUT2D eigenvalue weighted by Gasteiger charge is -2.11. The maximum absolute atomic E-state index is 11.4. The molecule has 0 fully saturated rings. The minimum Gasteiger partial charge on any atom is -0.501 e. The Morgan fingerprint density at radius 3 is 2.74 bits per heavy atom. The van der Waals surface area contributed by atoms with Crippen LogP contribution in [-0.4, -0.2) is 21.8 Å². The standard InChI is InChI=1S/C12H9NO6/c1-6(14)9-10(15)12(16)19-11(9)7-3-2-4-8(5-7)13(17)18/h2-5,11,15H,1H3/t11-/m0/s1. The number of hydrogen-bond acceptors (Lipinski definition) is 6. The summed E-state index contributed by atoms with van der Waals surface area (Å²) in [4.78, 5) is 32.8. The average molecular weight is 263 g/mol. The lowest BCUT2D eigenvalue weighted by atomic mass is 9.99. The number of nitro groups is 1. The second-order valence-corrected chi connectivity index (χ2v) is 3.96. The highest BCUT2D eigenvalue weighted by molar-refractivity contribution is 6.05. The molecule has 7 nitrogen and oxygen atoms in total. The van der Waals surface area contributed by atoms with E-state index in [0.29, 0.717) is 0 Å². The monoisotopic (exact) mass is 263 g/mol. The summed E-state index contributed by atoms with van der Waals surface area (Å²) in [6, 6.07) is 5.36. The van der Waals surface area contributed by atoms with E-state index >= 15 is 0 Å². The molecule has 1 atom stereocenters. The van der Waals surface area contributed by atoms with Crippen LogP contribution in [0.4, 0.5) is 5.69 Å². The van der Waals surface area contributed by atoms with Crippen LogP contribution in [0.3, 0.4) is 0 Å². The number of nitro benzene ring substituents is 1. The number of Topliss-reactive ketones (excluding diaryl/α,β-unsaturated/α-hetero) is 1. The van der Waals surface area contributed by atoms with Gasteiger partial charge in [0, 0.05) is 17.7 Å². The minimum absolute atomic E-state index is 0.189. The molecular formula is C12H9NO6. The van der Waals surface area contributed by atoms with Crippen LogP contribution in [0.5, 0.6) is 0 Å². The van der Waals surface area contributed by atoms with Crippen molar-refractivity contribution in [2.75, 3.05) is 0 Å². The predicted molar refractivity (Wildman–Crippen MR) is 62.3 cm³/mol. The topological polar surface area (TPSA) is 107 Å². The van der Waals surface area contributed by atoms with Crippen LogP contribution in [0.15, 0.2) is 35.6 Å². The molecule has 0 unspecified atom stereocenters. The highest BCUT2D eigenvalue weighted by Gasteiger charge is 2.38. The van der Waals surface area contributed by atoms with Crippen molar-refractivity contribution >= 4 is 17.4 Å². The van der Waals surface area contributed by atoms with Crippen molar-refractivity contribution < 1.29 is 24.4 Å². The minimum atomic E-state index is -1.11.